The third kappa shape index (κ3) is 3.59. The van der Waals surface area contributed by atoms with E-state index in [9.17, 15) is 4.79 Å². The standard InChI is InChI=1S/C12H20N2O/c1-6-10(15)13-9-7-11(2,3)14-12(4,5)8-9/h6,14H,1,7-8H2,2-5H3. The van der Waals surface area contributed by atoms with Crippen molar-refractivity contribution < 1.29 is 4.79 Å². The predicted molar refractivity (Wildman–Crippen MR) is 63.2 cm³/mol. The SMILES string of the molecule is C=CC(=O)N=C1CC(C)(C)NC(C)(C)C1. The molecule has 1 aliphatic heterocycles. The van der Waals surface area contributed by atoms with E-state index in [1.807, 2.05) is 0 Å². The maximum atomic E-state index is 11.2. The third-order valence-electron chi connectivity index (χ3n) is 2.41. The van der Waals surface area contributed by atoms with Crippen molar-refractivity contribution in [2.24, 2.45) is 4.99 Å². The predicted octanol–water partition coefficient (Wildman–Crippen LogP) is 2.08. The lowest BCUT2D eigenvalue weighted by Crippen LogP contribution is -2.58. The van der Waals surface area contributed by atoms with Crippen LogP contribution in [0.1, 0.15) is 40.5 Å². The molecule has 0 saturated carbocycles. The van der Waals surface area contributed by atoms with Crippen LogP contribution in [0.25, 0.3) is 0 Å². The molecule has 0 aromatic heterocycles. The smallest absolute Gasteiger partial charge is 0.269 e. The lowest BCUT2D eigenvalue weighted by Gasteiger charge is -2.43. The minimum atomic E-state index is -0.237. The molecule has 0 unspecified atom stereocenters. The summed E-state index contributed by atoms with van der Waals surface area (Å²) >= 11 is 0. The van der Waals surface area contributed by atoms with Crippen molar-refractivity contribution in [2.75, 3.05) is 0 Å². The maximum Gasteiger partial charge on any atom is 0.269 e. The zero-order valence-corrected chi connectivity index (χ0v) is 10.1. The normalized spacial score (nSPS) is 23.3. The Kier molecular flexibility index (Phi) is 3.14. The molecular formula is C12H20N2O. The second kappa shape index (κ2) is 3.89. The molecule has 0 spiro atoms. The first kappa shape index (κ1) is 12.1. The summed E-state index contributed by atoms with van der Waals surface area (Å²) in [6, 6.07) is 0. The molecule has 1 N–H and O–H groups in total. The van der Waals surface area contributed by atoms with Crippen molar-refractivity contribution in [1.29, 1.82) is 0 Å². The number of carbonyl (C=O) groups is 1. The van der Waals surface area contributed by atoms with Gasteiger partial charge in [-0.25, -0.2) is 4.99 Å². The van der Waals surface area contributed by atoms with Crippen LogP contribution in [0.3, 0.4) is 0 Å². The second-order valence-corrected chi connectivity index (χ2v) is 5.47. The zero-order chi connectivity index (χ0) is 11.7. The molecule has 84 valence electrons. The van der Waals surface area contributed by atoms with E-state index in [1.54, 1.807) is 0 Å². The highest BCUT2D eigenvalue weighted by Crippen LogP contribution is 2.26. The van der Waals surface area contributed by atoms with Gasteiger partial charge in [-0.2, -0.15) is 0 Å². The van der Waals surface area contributed by atoms with E-state index in [2.05, 4.69) is 44.6 Å². The maximum absolute atomic E-state index is 11.2. The van der Waals surface area contributed by atoms with Gasteiger partial charge in [-0.05, 0) is 33.8 Å². The number of piperidine rings is 1. The Balaban J connectivity index is 2.89. The van der Waals surface area contributed by atoms with Gasteiger partial charge in [-0.1, -0.05) is 6.58 Å². The molecule has 1 fully saturated rings. The third-order valence-corrected chi connectivity index (χ3v) is 2.41. The first-order chi connectivity index (χ1) is 6.74. The minimum absolute atomic E-state index is 0.00202. The molecule has 1 aliphatic rings. The molecule has 3 nitrogen and oxygen atoms in total. The molecule has 0 atom stereocenters. The molecule has 0 bridgehead atoms. The van der Waals surface area contributed by atoms with Crippen molar-refractivity contribution in [3.8, 4) is 0 Å². The van der Waals surface area contributed by atoms with E-state index in [4.69, 9.17) is 0 Å². The van der Waals surface area contributed by atoms with Crippen LogP contribution in [0.4, 0.5) is 0 Å². The van der Waals surface area contributed by atoms with E-state index in [0.717, 1.165) is 18.6 Å². The van der Waals surface area contributed by atoms with E-state index in [-0.39, 0.29) is 17.0 Å². The molecular weight excluding hydrogens is 188 g/mol. The fourth-order valence-corrected chi connectivity index (χ4v) is 2.37. The zero-order valence-electron chi connectivity index (χ0n) is 10.1. The van der Waals surface area contributed by atoms with Crippen LogP contribution in [0.5, 0.6) is 0 Å². The largest absolute Gasteiger partial charge is 0.306 e. The van der Waals surface area contributed by atoms with Gasteiger partial charge in [0.05, 0.1) is 0 Å². The van der Waals surface area contributed by atoms with Crippen LogP contribution >= 0.6 is 0 Å². The topological polar surface area (TPSA) is 41.5 Å². The van der Waals surface area contributed by atoms with Gasteiger partial charge < -0.3 is 5.32 Å². The molecule has 0 aromatic rings. The number of hydrogen-bond acceptors (Lipinski definition) is 2. The minimum Gasteiger partial charge on any atom is -0.306 e. The lowest BCUT2D eigenvalue weighted by atomic mass is 9.81. The van der Waals surface area contributed by atoms with Gasteiger partial charge in [0, 0.05) is 29.6 Å². The number of hydrogen-bond donors (Lipinski definition) is 1. The Morgan fingerprint density at radius 2 is 1.80 bits per heavy atom. The van der Waals surface area contributed by atoms with Gasteiger partial charge in [-0.3, -0.25) is 4.79 Å². The number of rotatable bonds is 1. The van der Waals surface area contributed by atoms with Crippen LogP contribution in [0, 0.1) is 0 Å². The van der Waals surface area contributed by atoms with Crippen LogP contribution in [0.2, 0.25) is 0 Å². The fourth-order valence-electron chi connectivity index (χ4n) is 2.37. The first-order valence-electron chi connectivity index (χ1n) is 5.26. The van der Waals surface area contributed by atoms with E-state index < -0.39 is 0 Å². The summed E-state index contributed by atoms with van der Waals surface area (Å²) in [6.07, 6.45) is 2.89. The Morgan fingerprint density at radius 3 is 2.20 bits per heavy atom. The number of nitrogens with zero attached hydrogens (tertiary/aromatic N) is 1. The van der Waals surface area contributed by atoms with Crippen LogP contribution in [-0.2, 0) is 4.79 Å². The second-order valence-electron chi connectivity index (χ2n) is 5.47. The van der Waals surface area contributed by atoms with Gasteiger partial charge in [0.25, 0.3) is 5.91 Å². The average molecular weight is 208 g/mol. The van der Waals surface area contributed by atoms with E-state index >= 15 is 0 Å². The molecule has 0 radical (unpaired) electrons. The Morgan fingerprint density at radius 1 is 1.33 bits per heavy atom. The van der Waals surface area contributed by atoms with E-state index in [0.29, 0.717) is 0 Å². The molecule has 1 heterocycles. The average Bonchev–Trinajstić information content (AvgIpc) is 1.97. The molecule has 0 aromatic carbocycles. The monoisotopic (exact) mass is 208 g/mol. The summed E-state index contributed by atoms with van der Waals surface area (Å²) in [5.41, 5.74) is 0.970. The summed E-state index contributed by atoms with van der Waals surface area (Å²) in [7, 11) is 0. The van der Waals surface area contributed by atoms with Crippen molar-refractivity contribution in [3.05, 3.63) is 12.7 Å². The summed E-state index contributed by atoms with van der Waals surface area (Å²) in [6.45, 7) is 11.9. The van der Waals surface area contributed by atoms with Crippen molar-refractivity contribution in [2.45, 2.75) is 51.6 Å². The quantitative estimate of drug-likeness (QED) is 0.670. The van der Waals surface area contributed by atoms with Crippen molar-refractivity contribution >= 4 is 11.6 Å². The summed E-state index contributed by atoms with van der Waals surface area (Å²) < 4.78 is 0. The summed E-state index contributed by atoms with van der Waals surface area (Å²) in [4.78, 5) is 15.2. The fraction of sp³-hybridized carbons (Fsp3) is 0.667. The highest BCUT2D eigenvalue weighted by molar-refractivity contribution is 6.01. The number of carbonyl (C=O) groups excluding carboxylic acids is 1. The highest BCUT2D eigenvalue weighted by atomic mass is 16.1. The van der Waals surface area contributed by atoms with Gasteiger partial charge in [0.2, 0.25) is 0 Å². The molecule has 1 amide bonds. The molecule has 1 rings (SSSR count). The Labute approximate surface area is 91.7 Å². The van der Waals surface area contributed by atoms with Crippen molar-refractivity contribution in [3.63, 3.8) is 0 Å². The van der Waals surface area contributed by atoms with Crippen LogP contribution in [0.15, 0.2) is 17.6 Å². The molecule has 0 aliphatic carbocycles. The van der Waals surface area contributed by atoms with Crippen molar-refractivity contribution in [1.82, 2.24) is 5.32 Å². The van der Waals surface area contributed by atoms with Gasteiger partial charge in [-0.15, -0.1) is 0 Å². The van der Waals surface area contributed by atoms with Crippen LogP contribution < -0.4 is 5.32 Å². The summed E-state index contributed by atoms with van der Waals surface area (Å²) in [5.74, 6) is -0.237. The molecule has 3 heteroatoms. The summed E-state index contributed by atoms with van der Waals surface area (Å²) in [5, 5.41) is 3.54. The number of amides is 1. The first-order valence-corrected chi connectivity index (χ1v) is 5.26. The Hall–Kier alpha value is -0.960. The van der Waals surface area contributed by atoms with Gasteiger partial charge in [0.1, 0.15) is 0 Å². The lowest BCUT2D eigenvalue weighted by molar-refractivity contribution is -0.113. The number of aliphatic imine (C=N–C) groups is 1. The number of nitrogens with one attached hydrogen (secondary N) is 1. The van der Waals surface area contributed by atoms with Gasteiger partial charge >= 0.3 is 0 Å². The molecule has 1 saturated heterocycles. The highest BCUT2D eigenvalue weighted by Gasteiger charge is 2.35. The van der Waals surface area contributed by atoms with Crippen LogP contribution in [-0.4, -0.2) is 22.7 Å². The van der Waals surface area contributed by atoms with Gasteiger partial charge in [0.15, 0.2) is 0 Å². The van der Waals surface area contributed by atoms with E-state index in [1.165, 1.54) is 6.08 Å². The Bertz CT molecular complexity index is 296. The molecule has 15 heavy (non-hydrogen) atoms.